The van der Waals surface area contributed by atoms with E-state index in [0.29, 0.717) is 29.3 Å². The predicted molar refractivity (Wildman–Crippen MR) is 101 cm³/mol. The van der Waals surface area contributed by atoms with E-state index >= 15 is 0 Å². The van der Waals surface area contributed by atoms with Crippen LogP contribution in [-0.2, 0) is 5.54 Å². The summed E-state index contributed by atoms with van der Waals surface area (Å²) in [6.45, 7) is 2.19. The van der Waals surface area contributed by atoms with Crippen LogP contribution in [0.5, 0.6) is 5.75 Å². The third-order valence-electron chi connectivity index (χ3n) is 5.52. The van der Waals surface area contributed by atoms with Gasteiger partial charge < -0.3 is 15.4 Å². The summed E-state index contributed by atoms with van der Waals surface area (Å²) in [5.74, 6) is 0.678. The predicted octanol–water partition coefficient (Wildman–Crippen LogP) is 2.87. The van der Waals surface area contributed by atoms with Crippen molar-refractivity contribution >= 4 is 17.4 Å². The zero-order valence-corrected chi connectivity index (χ0v) is 15.4. The summed E-state index contributed by atoms with van der Waals surface area (Å²) < 4.78 is 21.8. The van der Waals surface area contributed by atoms with Gasteiger partial charge in [-0.05, 0) is 50.5 Å². The highest BCUT2D eigenvalue weighted by atomic mass is 19.1. The molecule has 144 valence electrons. The topological polar surface area (TPSA) is 80.6 Å². The van der Waals surface area contributed by atoms with Crippen LogP contribution < -0.4 is 15.4 Å². The Morgan fingerprint density at radius 2 is 2.18 bits per heavy atom. The summed E-state index contributed by atoms with van der Waals surface area (Å²) in [6.07, 6.45) is 5.70. The molecule has 1 fully saturated rings. The number of halogens is 1. The van der Waals surface area contributed by atoms with Crippen LogP contribution in [0.1, 0.15) is 42.1 Å². The van der Waals surface area contributed by atoms with Gasteiger partial charge in [0.2, 0.25) is 0 Å². The van der Waals surface area contributed by atoms with Gasteiger partial charge in [-0.2, -0.15) is 5.10 Å². The molecular weight excluding hydrogens is 361 g/mol. The van der Waals surface area contributed by atoms with Crippen LogP contribution in [0, 0.1) is 5.82 Å². The number of nitrogens with zero attached hydrogens (tertiary/aromatic N) is 3. The van der Waals surface area contributed by atoms with E-state index in [-0.39, 0.29) is 17.8 Å². The third-order valence-corrected chi connectivity index (χ3v) is 5.52. The first kappa shape index (κ1) is 17.0. The quantitative estimate of drug-likeness (QED) is 0.626. The minimum Gasteiger partial charge on any atom is -0.489 e. The standard InChI is InChI=1S/C20H20FN5O2/c1-12-10-22-19(27)14-11-23-26-8-5-17(24-18(14)26)25-20(6-2-7-20)15-9-13(21)3-4-16(15)28-12/h3-5,8-9,11-12H,2,6-7,10H2,1H3,(H,22,27)(H,24,25). The van der Waals surface area contributed by atoms with Crippen molar-refractivity contribution in [2.75, 3.05) is 11.9 Å². The van der Waals surface area contributed by atoms with Crippen LogP contribution in [0.15, 0.2) is 36.7 Å². The number of hydrogen-bond acceptors (Lipinski definition) is 5. The molecule has 1 aromatic carbocycles. The maximum Gasteiger partial charge on any atom is 0.256 e. The molecule has 1 aliphatic carbocycles. The fourth-order valence-electron chi connectivity index (χ4n) is 3.90. The van der Waals surface area contributed by atoms with E-state index in [1.165, 1.54) is 18.3 Å². The van der Waals surface area contributed by atoms with Crippen LogP contribution >= 0.6 is 0 Å². The zero-order valence-electron chi connectivity index (χ0n) is 15.4. The van der Waals surface area contributed by atoms with Crippen molar-refractivity contribution in [1.82, 2.24) is 19.9 Å². The zero-order chi connectivity index (χ0) is 19.3. The second-order valence-corrected chi connectivity index (χ2v) is 7.48. The Morgan fingerprint density at radius 3 is 2.96 bits per heavy atom. The minimum absolute atomic E-state index is 0.257. The molecule has 3 heterocycles. The average molecular weight is 381 g/mol. The summed E-state index contributed by atoms with van der Waals surface area (Å²) in [5.41, 5.74) is 1.21. The van der Waals surface area contributed by atoms with Crippen molar-refractivity contribution in [2.24, 2.45) is 0 Å². The van der Waals surface area contributed by atoms with Crippen molar-refractivity contribution in [3.05, 3.63) is 53.6 Å². The molecule has 2 aliphatic rings. The lowest BCUT2D eigenvalue weighted by Crippen LogP contribution is -2.43. The molecule has 2 aromatic heterocycles. The fourth-order valence-corrected chi connectivity index (χ4v) is 3.90. The molecule has 1 unspecified atom stereocenters. The second kappa shape index (κ2) is 6.19. The van der Waals surface area contributed by atoms with Gasteiger partial charge in [0.1, 0.15) is 29.1 Å². The van der Waals surface area contributed by atoms with E-state index in [0.717, 1.165) is 24.8 Å². The summed E-state index contributed by atoms with van der Waals surface area (Å²) >= 11 is 0. The van der Waals surface area contributed by atoms with E-state index in [2.05, 4.69) is 20.7 Å². The Hall–Kier alpha value is -3.16. The number of rotatable bonds is 0. The monoisotopic (exact) mass is 381 g/mol. The molecular formula is C20H20FN5O2. The van der Waals surface area contributed by atoms with Crippen molar-refractivity contribution in [3.63, 3.8) is 0 Å². The molecule has 2 bridgehead atoms. The molecule has 28 heavy (non-hydrogen) atoms. The van der Waals surface area contributed by atoms with E-state index < -0.39 is 5.54 Å². The number of benzene rings is 1. The summed E-state index contributed by atoms with van der Waals surface area (Å²) in [4.78, 5) is 17.2. The van der Waals surface area contributed by atoms with Gasteiger partial charge in [-0.1, -0.05) is 0 Å². The maximum atomic E-state index is 14.1. The average Bonchev–Trinajstić information content (AvgIpc) is 3.07. The number of hydrogen-bond donors (Lipinski definition) is 2. The summed E-state index contributed by atoms with van der Waals surface area (Å²) in [5, 5.41) is 10.6. The molecule has 3 aromatic rings. The van der Waals surface area contributed by atoms with Crippen molar-refractivity contribution < 1.29 is 13.9 Å². The van der Waals surface area contributed by atoms with Crippen LogP contribution in [0.4, 0.5) is 10.2 Å². The lowest BCUT2D eigenvalue weighted by Gasteiger charge is -2.44. The molecule has 1 aliphatic heterocycles. The molecule has 2 N–H and O–H groups in total. The van der Waals surface area contributed by atoms with Gasteiger partial charge >= 0.3 is 0 Å². The number of carbonyl (C=O) groups is 1. The number of fused-ring (bicyclic) bond motifs is 3. The molecule has 1 amide bonds. The molecule has 1 atom stereocenters. The molecule has 1 saturated carbocycles. The normalized spacial score (nSPS) is 20.8. The maximum absolute atomic E-state index is 14.1. The summed E-state index contributed by atoms with van der Waals surface area (Å²) in [7, 11) is 0. The fraction of sp³-hybridized carbons (Fsp3) is 0.350. The lowest BCUT2D eigenvalue weighted by atomic mass is 9.71. The summed E-state index contributed by atoms with van der Waals surface area (Å²) in [6, 6.07) is 6.41. The number of carbonyl (C=O) groups excluding carboxylic acids is 1. The van der Waals surface area contributed by atoms with Crippen molar-refractivity contribution in [3.8, 4) is 5.75 Å². The van der Waals surface area contributed by atoms with E-state index in [1.807, 2.05) is 13.0 Å². The Balaban J connectivity index is 1.67. The molecule has 1 spiro atoms. The largest absolute Gasteiger partial charge is 0.489 e. The number of amides is 1. The first-order valence-corrected chi connectivity index (χ1v) is 9.42. The minimum atomic E-state index is -0.450. The Morgan fingerprint density at radius 1 is 1.32 bits per heavy atom. The first-order chi connectivity index (χ1) is 13.5. The van der Waals surface area contributed by atoms with Gasteiger partial charge in [0.15, 0.2) is 5.65 Å². The van der Waals surface area contributed by atoms with Crippen molar-refractivity contribution in [1.29, 1.82) is 0 Å². The van der Waals surface area contributed by atoms with E-state index in [9.17, 15) is 9.18 Å². The number of nitrogens with one attached hydrogen (secondary N) is 2. The van der Waals surface area contributed by atoms with Crippen LogP contribution in [-0.4, -0.2) is 33.2 Å². The van der Waals surface area contributed by atoms with Gasteiger partial charge in [0.25, 0.3) is 5.91 Å². The lowest BCUT2D eigenvalue weighted by molar-refractivity contribution is 0.0932. The van der Waals surface area contributed by atoms with Crippen molar-refractivity contribution in [2.45, 2.75) is 37.8 Å². The van der Waals surface area contributed by atoms with Crippen LogP contribution in [0.25, 0.3) is 5.65 Å². The molecule has 0 saturated heterocycles. The smallest absolute Gasteiger partial charge is 0.256 e. The highest BCUT2D eigenvalue weighted by Gasteiger charge is 2.42. The van der Waals surface area contributed by atoms with Crippen LogP contribution in [0.3, 0.4) is 0 Å². The number of ether oxygens (including phenoxy) is 1. The molecule has 8 heteroatoms. The molecule has 5 rings (SSSR count). The van der Waals surface area contributed by atoms with Gasteiger partial charge in [0, 0.05) is 11.8 Å². The van der Waals surface area contributed by atoms with Crippen LogP contribution in [0.2, 0.25) is 0 Å². The van der Waals surface area contributed by atoms with Gasteiger partial charge in [-0.3, -0.25) is 4.79 Å². The van der Waals surface area contributed by atoms with Gasteiger partial charge in [-0.15, -0.1) is 0 Å². The molecule has 0 radical (unpaired) electrons. The Kier molecular flexibility index (Phi) is 3.75. The van der Waals surface area contributed by atoms with Gasteiger partial charge in [-0.25, -0.2) is 13.9 Å². The first-order valence-electron chi connectivity index (χ1n) is 9.42. The molecule has 7 nitrogen and oxygen atoms in total. The van der Waals surface area contributed by atoms with Gasteiger partial charge in [0.05, 0.1) is 18.3 Å². The number of anilines is 1. The third kappa shape index (κ3) is 2.67. The highest BCUT2D eigenvalue weighted by Crippen LogP contribution is 2.47. The van der Waals surface area contributed by atoms with E-state index in [4.69, 9.17) is 4.74 Å². The van der Waals surface area contributed by atoms with E-state index in [1.54, 1.807) is 16.8 Å². The second-order valence-electron chi connectivity index (χ2n) is 7.48. The highest BCUT2D eigenvalue weighted by molar-refractivity contribution is 5.99. The SMILES string of the molecule is CC1CNC(=O)c2cnn3ccc(nc23)NC2(CCC2)c2cc(F)ccc2O1. The number of aromatic nitrogens is 3. The Bertz CT molecular complexity index is 1080. The Labute approximate surface area is 160 Å².